The molecule has 0 unspecified atom stereocenters. The molecule has 0 amide bonds. The van der Waals surface area contributed by atoms with Crippen molar-refractivity contribution in [3.05, 3.63) is 47.5 Å². The number of hydrogen-bond donors (Lipinski definition) is 2. The lowest BCUT2D eigenvalue weighted by Crippen LogP contribution is -2.01. The van der Waals surface area contributed by atoms with Gasteiger partial charge in [-0.1, -0.05) is 11.6 Å². The van der Waals surface area contributed by atoms with Crippen LogP contribution in [0, 0.1) is 6.92 Å². The smallest absolute Gasteiger partial charge is 0.307 e. The Morgan fingerprint density at radius 2 is 1.92 bits per heavy atom. The second kappa shape index (κ2) is 6.28. The summed E-state index contributed by atoms with van der Waals surface area (Å²) in [6.07, 6.45) is -0.0615. The van der Waals surface area contributed by atoms with Crippen molar-refractivity contribution in [2.45, 2.75) is 13.3 Å². The van der Waals surface area contributed by atoms with E-state index in [4.69, 9.17) is 9.47 Å². The standard InChI is InChI=1S/C19H19NO4/c1-11-4-7-16-14(8-11)15(10-18(21)22)19(20-16)13-6-5-12(23-2)9-17(13)24-3/h4-9,20H,10H2,1-3H3,(H,21,22). The molecule has 0 atom stereocenters. The van der Waals surface area contributed by atoms with Crippen molar-refractivity contribution in [1.82, 2.24) is 4.98 Å². The number of aromatic nitrogens is 1. The molecular weight excluding hydrogens is 306 g/mol. The van der Waals surface area contributed by atoms with Gasteiger partial charge in [-0.15, -0.1) is 0 Å². The van der Waals surface area contributed by atoms with Gasteiger partial charge in [0.1, 0.15) is 11.5 Å². The molecule has 5 nitrogen and oxygen atoms in total. The second-order valence-corrected chi connectivity index (χ2v) is 5.66. The average molecular weight is 325 g/mol. The van der Waals surface area contributed by atoms with E-state index in [1.165, 1.54) is 0 Å². The van der Waals surface area contributed by atoms with E-state index in [0.29, 0.717) is 11.5 Å². The minimum Gasteiger partial charge on any atom is -0.497 e. The molecule has 0 aliphatic heterocycles. The molecule has 2 aromatic carbocycles. The Morgan fingerprint density at radius 3 is 2.58 bits per heavy atom. The van der Waals surface area contributed by atoms with E-state index < -0.39 is 5.97 Å². The third-order valence-corrected chi connectivity index (χ3v) is 4.07. The molecule has 1 aromatic heterocycles. The van der Waals surface area contributed by atoms with E-state index >= 15 is 0 Å². The van der Waals surface area contributed by atoms with E-state index in [1.807, 2.05) is 37.3 Å². The van der Waals surface area contributed by atoms with Crippen LogP contribution >= 0.6 is 0 Å². The molecule has 1 heterocycles. The summed E-state index contributed by atoms with van der Waals surface area (Å²) in [5.41, 5.74) is 4.32. The van der Waals surface area contributed by atoms with Crippen molar-refractivity contribution in [3.63, 3.8) is 0 Å². The van der Waals surface area contributed by atoms with E-state index in [9.17, 15) is 9.90 Å². The normalized spacial score (nSPS) is 10.8. The number of H-pyrrole nitrogens is 1. The molecule has 2 N–H and O–H groups in total. The van der Waals surface area contributed by atoms with Crippen molar-refractivity contribution in [3.8, 4) is 22.8 Å². The quantitative estimate of drug-likeness (QED) is 0.749. The number of aryl methyl sites for hydroxylation is 1. The molecule has 3 aromatic rings. The zero-order valence-electron chi connectivity index (χ0n) is 13.8. The molecule has 3 rings (SSSR count). The molecule has 124 valence electrons. The first kappa shape index (κ1) is 15.9. The van der Waals surface area contributed by atoms with Crippen molar-refractivity contribution >= 4 is 16.9 Å². The molecule has 5 heteroatoms. The van der Waals surface area contributed by atoms with Crippen LogP contribution < -0.4 is 9.47 Å². The Hall–Kier alpha value is -2.95. The maximum absolute atomic E-state index is 11.4. The van der Waals surface area contributed by atoms with Crippen LogP contribution in [0.4, 0.5) is 0 Å². The van der Waals surface area contributed by atoms with Crippen LogP contribution in [0.5, 0.6) is 11.5 Å². The summed E-state index contributed by atoms with van der Waals surface area (Å²) in [6.45, 7) is 1.99. The number of carboxylic acid groups (broad SMARTS) is 1. The predicted octanol–water partition coefficient (Wildman–Crippen LogP) is 3.79. The molecule has 0 aliphatic rings. The van der Waals surface area contributed by atoms with Crippen molar-refractivity contribution < 1.29 is 19.4 Å². The van der Waals surface area contributed by atoms with Gasteiger partial charge < -0.3 is 19.6 Å². The molecule has 24 heavy (non-hydrogen) atoms. The number of ether oxygens (including phenoxy) is 2. The summed E-state index contributed by atoms with van der Waals surface area (Å²) in [7, 11) is 3.18. The number of nitrogens with one attached hydrogen (secondary N) is 1. The van der Waals surface area contributed by atoms with Gasteiger partial charge in [-0.05, 0) is 36.8 Å². The van der Waals surface area contributed by atoms with Crippen molar-refractivity contribution in [2.24, 2.45) is 0 Å². The zero-order valence-corrected chi connectivity index (χ0v) is 13.8. The van der Waals surface area contributed by atoms with Crippen LogP contribution in [-0.4, -0.2) is 30.3 Å². The third kappa shape index (κ3) is 2.80. The largest absolute Gasteiger partial charge is 0.497 e. The van der Waals surface area contributed by atoms with Gasteiger partial charge in [0.25, 0.3) is 0 Å². The van der Waals surface area contributed by atoms with Crippen molar-refractivity contribution in [1.29, 1.82) is 0 Å². The number of hydrogen-bond acceptors (Lipinski definition) is 3. The van der Waals surface area contributed by atoms with Crippen molar-refractivity contribution in [2.75, 3.05) is 14.2 Å². The highest BCUT2D eigenvalue weighted by Gasteiger charge is 2.19. The number of aromatic amines is 1. The highest BCUT2D eigenvalue weighted by atomic mass is 16.5. The topological polar surface area (TPSA) is 71.6 Å². The van der Waals surface area contributed by atoms with Crippen LogP contribution in [0.25, 0.3) is 22.2 Å². The fraction of sp³-hybridized carbons (Fsp3) is 0.211. The van der Waals surface area contributed by atoms with Crippen LogP contribution in [-0.2, 0) is 11.2 Å². The lowest BCUT2D eigenvalue weighted by atomic mass is 10.0. The number of methoxy groups -OCH3 is 2. The SMILES string of the molecule is COc1ccc(-c2[nH]c3ccc(C)cc3c2CC(=O)O)c(OC)c1. The zero-order chi connectivity index (χ0) is 17.3. The molecule has 0 fully saturated rings. The van der Waals surface area contributed by atoms with Gasteiger partial charge >= 0.3 is 5.97 Å². The fourth-order valence-electron chi connectivity index (χ4n) is 2.93. The third-order valence-electron chi connectivity index (χ3n) is 4.07. The lowest BCUT2D eigenvalue weighted by Gasteiger charge is -2.11. The number of rotatable bonds is 5. The van der Waals surface area contributed by atoms with Gasteiger partial charge in [0, 0.05) is 22.5 Å². The Bertz CT molecular complexity index is 911. The number of carboxylic acids is 1. The predicted molar refractivity (Wildman–Crippen MR) is 92.9 cm³/mol. The number of carbonyl (C=O) groups is 1. The minimum absolute atomic E-state index is 0.0615. The molecule has 0 aliphatic carbocycles. The Kier molecular flexibility index (Phi) is 4.16. The van der Waals surface area contributed by atoms with E-state index in [-0.39, 0.29) is 6.42 Å². The van der Waals surface area contributed by atoms with Gasteiger partial charge in [-0.2, -0.15) is 0 Å². The number of benzene rings is 2. The first-order chi connectivity index (χ1) is 11.5. The lowest BCUT2D eigenvalue weighted by molar-refractivity contribution is -0.136. The molecular formula is C19H19NO4. The first-order valence-electron chi connectivity index (χ1n) is 7.59. The molecule has 0 saturated carbocycles. The maximum Gasteiger partial charge on any atom is 0.307 e. The van der Waals surface area contributed by atoms with Crippen LogP contribution in [0.15, 0.2) is 36.4 Å². The molecule has 0 radical (unpaired) electrons. The summed E-state index contributed by atoms with van der Waals surface area (Å²) < 4.78 is 10.7. The summed E-state index contributed by atoms with van der Waals surface area (Å²) >= 11 is 0. The molecule has 0 spiro atoms. The minimum atomic E-state index is -0.869. The number of aliphatic carboxylic acids is 1. The monoisotopic (exact) mass is 325 g/mol. The number of fused-ring (bicyclic) bond motifs is 1. The summed E-state index contributed by atoms with van der Waals surface area (Å²) in [6, 6.07) is 11.5. The second-order valence-electron chi connectivity index (χ2n) is 5.66. The molecule has 0 saturated heterocycles. The van der Waals surface area contributed by atoms with Gasteiger partial charge in [0.2, 0.25) is 0 Å². The van der Waals surface area contributed by atoms with Gasteiger partial charge in [-0.25, -0.2) is 0 Å². The summed E-state index contributed by atoms with van der Waals surface area (Å²) in [5.74, 6) is 0.442. The van der Waals surface area contributed by atoms with E-state index in [2.05, 4.69) is 4.98 Å². The highest BCUT2D eigenvalue weighted by molar-refractivity contribution is 5.95. The average Bonchev–Trinajstić information content (AvgIpc) is 2.91. The summed E-state index contributed by atoms with van der Waals surface area (Å²) in [5, 5.41) is 10.3. The maximum atomic E-state index is 11.4. The Balaban J connectivity index is 2.27. The first-order valence-corrected chi connectivity index (χ1v) is 7.59. The fourth-order valence-corrected chi connectivity index (χ4v) is 2.93. The van der Waals surface area contributed by atoms with E-state index in [0.717, 1.165) is 33.3 Å². The highest BCUT2D eigenvalue weighted by Crippen LogP contribution is 2.38. The van der Waals surface area contributed by atoms with E-state index in [1.54, 1.807) is 20.3 Å². The summed E-state index contributed by atoms with van der Waals surface area (Å²) in [4.78, 5) is 14.7. The van der Waals surface area contributed by atoms with Crippen LogP contribution in [0.1, 0.15) is 11.1 Å². The Labute approximate surface area is 139 Å². The molecule has 0 bridgehead atoms. The van der Waals surface area contributed by atoms with Gasteiger partial charge in [-0.3, -0.25) is 4.79 Å². The van der Waals surface area contributed by atoms with Gasteiger partial charge in [0.05, 0.1) is 26.3 Å². The van der Waals surface area contributed by atoms with Gasteiger partial charge in [0.15, 0.2) is 0 Å². The van der Waals surface area contributed by atoms with Crippen LogP contribution in [0.3, 0.4) is 0 Å². The van der Waals surface area contributed by atoms with Crippen LogP contribution in [0.2, 0.25) is 0 Å². The Morgan fingerprint density at radius 1 is 1.12 bits per heavy atom.